The molecule has 0 spiro atoms. The number of likely N-dealkylation sites (N-methyl/N-ethyl adjacent to an activating group) is 2. The molecule has 0 fully saturated rings. The van der Waals surface area contributed by atoms with Crippen LogP contribution in [0.4, 0.5) is 17.1 Å². The number of allylic oxidation sites excluding steroid dienone is 11. The van der Waals surface area contributed by atoms with Gasteiger partial charge in [-0.2, -0.15) is 0 Å². The molecule has 0 atom stereocenters. The molecule has 49 heavy (non-hydrogen) atoms. The van der Waals surface area contributed by atoms with Crippen LogP contribution < -0.4 is 9.80 Å². The fraction of sp³-hybridized carbons (Fsp3) is 0.283. The fourth-order valence-electron chi connectivity index (χ4n) is 7.95. The van der Waals surface area contributed by atoms with Crippen molar-refractivity contribution >= 4 is 22.8 Å². The molecular formula is C46H52N3+. The van der Waals surface area contributed by atoms with Crippen LogP contribution in [0.25, 0.3) is 0 Å². The second-order valence-corrected chi connectivity index (χ2v) is 14.8. The van der Waals surface area contributed by atoms with Crippen LogP contribution >= 0.6 is 0 Å². The second-order valence-electron chi connectivity index (χ2n) is 14.8. The molecule has 2 aliphatic heterocycles. The predicted molar refractivity (Wildman–Crippen MR) is 211 cm³/mol. The zero-order valence-electron chi connectivity index (χ0n) is 30.7. The van der Waals surface area contributed by atoms with Gasteiger partial charge in [-0.3, -0.25) is 0 Å². The van der Waals surface area contributed by atoms with Crippen molar-refractivity contribution in [2.75, 3.05) is 30.4 Å². The standard InChI is InChI=1S/C46H52N3/c1-10-17-33(2)30-37-32-47(8)42(45(37,4)5)28-25-35-23-24-36(26-29-43-46(6,7)40-31-34(3)22-27-41(40)48(43)9)44(35)49(38-18-13-11-14-19-38)39-20-15-12-16-21-39/h10-22,25-31H,1,23-24,32H2,2-9H3/q+1/b33-17-,37-30+. The molecule has 0 unspecified atom stereocenters. The van der Waals surface area contributed by atoms with Gasteiger partial charge in [0.15, 0.2) is 12.3 Å². The molecule has 0 radical (unpaired) electrons. The first-order valence-electron chi connectivity index (χ1n) is 17.6. The van der Waals surface area contributed by atoms with E-state index in [1.165, 1.54) is 56.2 Å². The molecule has 0 saturated heterocycles. The van der Waals surface area contributed by atoms with Crippen LogP contribution in [-0.2, 0) is 5.41 Å². The van der Waals surface area contributed by atoms with Crippen molar-refractivity contribution in [2.24, 2.45) is 5.41 Å². The quantitative estimate of drug-likeness (QED) is 0.178. The van der Waals surface area contributed by atoms with E-state index < -0.39 is 0 Å². The summed E-state index contributed by atoms with van der Waals surface area (Å²) < 4.78 is 2.41. The van der Waals surface area contributed by atoms with E-state index in [2.05, 4.69) is 192 Å². The molecular weight excluding hydrogens is 595 g/mol. The van der Waals surface area contributed by atoms with E-state index in [9.17, 15) is 0 Å². The highest BCUT2D eigenvalue weighted by molar-refractivity contribution is 5.99. The molecule has 0 bridgehead atoms. The van der Waals surface area contributed by atoms with Crippen molar-refractivity contribution < 1.29 is 4.58 Å². The number of para-hydroxylation sites is 2. The minimum atomic E-state index is -0.0867. The zero-order chi connectivity index (χ0) is 34.9. The number of hydrogen-bond donors (Lipinski definition) is 0. The Hall–Kier alpha value is -4.89. The summed E-state index contributed by atoms with van der Waals surface area (Å²) in [6.45, 7) is 18.6. The maximum absolute atomic E-state index is 3.89. The first kappa shape index (κ1) is 34.0. The van der Waals surface area contributed by atoms with Crippen molar-refractivity contribution in [3.63, 3.8) is 0 Å². The van der Waals surface area contributed by atoms with Gasteiger partial charge in [0, 0.05) is 46.9 Å². The Morgan fingerprint density at radius 3 is 2.14 bits per heavy atom. The van der Waals surface area contributed by atoms with E-state index in [0.717, 1.165) is 30.8 Å². The van der Waals surface area contributed by atoms with Crippen LogP contribution in [0.1, 0.15) is 58.6 Å². The number of aryl methyl sites for hydroxylation is 1. The highest BCUT2D eigenvalue weighted by Crippen LogP contribution is 2.48. The van der Waals surface area contributed by atoms with Crippen molar-refractivity contribution in [1.82, 2.24) is 0 Å². The van der Waals surface area contributed by atoms with Gasteiger partial charge in [0.1, 0.15) is 7.05 Å². The summed E-state index contributed by atoms with van der Waals surface area (Å²) in [6.07, 6.45) is 17.8. The fourth-order valence-corrected chi connectivity index (χ4v) is 7.95. The van der Waals surface area contributed by atoms with Gasteiger partial charge < -0.3 is 9.80 Å². The molecule has 1 aliphatic carbocycles. The minimum absolute atomic E-state index is 0.0749. The van der Waals surface area contributed by atoms with Crippen LogP contribution in [0, 0.1) is 12.3 Å². The minimum Gasteiger partial charge on any atom is -0.347 e. The van der Waals surface area contributed by atoms with Gasteiger partial charge in [0.2, 0.25) is 0 Å². The Kier molecular flexibility index (Phi) is 9.40. The van der Waals surface area contributed by atoms with E-state index >= 15 is 0 Å². The molecule has 2 heterocycles. The lowest BCUT2D eigenvalue weighted by atomic mass is 9.80. The lowest BCUT2D eigenvalue weighted by molar-refractivity contribution is -0.481. The monoisotopic (exact) mass is 646 g/mol. The Labute approximate surface area is 295 Å². The molecule has 0 amide bonds. The highest BCUT2D eigenvalue weighted by atomic mass is 15.2. The van der Waals surface area contributed by atoms with Crippen molar-refractivity contribution in [3.05, 3.63) is 173 Å². The van der Waals surface area contributed by atoms with Gasteiger partial charge in [0.05, 0.1) is 11.1 Å². The summed E-state index contributed by atoms with van der Waals surface area (Å²) in [7, 11) is 4.43. The van der Waals surface area contributed by atoms with Crippen LogP contribution in [0.5, 0.6) is 0 Å². The van der Waals surface area contributed by atoms with Gasteiger partial charge in [-0.25, -0.2) is 4.58 Å². The number of nitrogens with zero attached hydrogens (tertiary/aromatic N) is 3. The van der Waals surface area contributed by atoms with E-state index in [0.29, 0.717) is 0 Å². The third-order valence-electron chi connectivity index (χ3n) is 10.6. The van der Waals surface area contributed by atoms with Gasteiger partial charge in [-0.05, 0) is 93.7 Å². The summed E-state index contributed by atoms with van der Waals surface area (Å²) in [5.74, 6) is 0. The summed E-state index contributed by atoms with van der Waals surface area (Å²) in [5.41, 5.74) is 15.5. The largest absolute Gasteiger partial charge is 0.347 e. The summed E-state index contributed by atoms with van der Waals surface area (Å²) >= 11 is 0. The van der Waals surface area contributed by atoms with Crippen LogP contribution in [-0.4, -0.2) is 30.9 Å². The smallest absolute Gasteiger partial charge is 0.186 e. The lowest BCUT2D eigenvalue weighted by Crippen LogP contribution is -2.23. The van der Waals surface area contributed by atoms with Crippen molar-refractivity contribution in [1.29, 1.82) is 0 Å². The van der Waals surface area contributed by atoms with E-state index in [1.807, 2.05) is 6.08 Å². The first-order valence-corrected chi connectivity index (χ1v) is 17.6. The Morgan fingerprint density at radius 2 is 1.51 bits per heavy atom. The molecule has 3 aliphatic rings. The third-order valence-corrected chi connectivity index (χ3v) is 10.6. The van der Waals surface area contributed by atoms with Crippen molar-refractivity contribution in [2.45, 2.75) is 59.8 Å². The molecule has 3 heteroatoms. The zero-order valence-corrected chi connectivity index (χ0v) is 30.7. The summed E-state index contributed by atoms with van der Waals surface area (Å²) in [4.78, 5) is 4.84. The van der Waals surface area contributed by atoms with Crippen LogP contribution in [0.3, 0.4) is 0 Å². The van der Waals surface area contributed by atoms with Gasteiger partial charge >= 0.3 is 0 Å². The number of hydrogen-bond acceptors (Lipinski definition) is 2. The Bertz CT molecular complexity index is 1930. The second kappa shape index (κ2) is 13.6. The maximum Gasteiger partial charge on any atom is 0.186 e. The summed E-state index contributed by atoms with van der Waals surface area (Å²) in [6, 6.07) is 28.5. The molecule has 6 rings (SSSR count). The molecule has 0 aromatic heterocycles. The van der Waals surface area contributed by atoms with Gasteiger partial charge in [-0.1, -0.05) is 110 Å². The molecule has 250 valence electrons. The lowest BCUT2D eigenvalue weighted by Gasteiger charge is -2.29. The highest BCUT2D eigenvalue weighted by Gasteiger charge is 2.42. The molecule has 0 saturated carbocycles. The third kappa shape index (κ3) is 6.47. The van der Waals surface area contributed by atoms with Gasteiger partial charge in [-0.15, -0.1) is 0 Å². The van der Waals surface area contributed by atoms with E-state index in [1.54, 1.807) is 0 Å². The van der Waals surface area contributed by atoms with Gasteiger partial charge in [0.25, 0.3) is 0 Å². The predicted octanol–water partition coefficient (Wildman–Crippen LogP) is 11.2. The number of rotatable bonds is 8. The normalized spacial score (nSPS) is 21.2. The topological polar surface area (TPSA) is 9.49 Å². The number of benzene rings is 3. The average molecular weight is 647 g/mol. The van der Waals surface area contributed by atoms with E-state index in [4.69, 9.17) is 0 Å². The average Bonchev–Trinajstić information content (AvgIpc) is 3.62. The molecule has 0 N–H and O–H groups in total. The number of fused-ring (bicyclic) bond motifs is 1. The SMILES string of the molecule is C=C/C=C(C)\C=C1/C[N+](C)=C(/C=C/C2=C(N(c3ccccc3)c3ccccc3)C(=C/C=C3/N(C)c4ccc(C)cc4C3(C)C)/CC2)C1(C)C. The Balaban J connectivity index is 1.48. The molecule has 3 aromatic rings. The number of anilines is 3. The summed E-state index contributed by atoms with van der Waals surface area (Å²) in [5, 5.41) is 0. The van der Waals surface area contributed by atoms with Crippen LogP contribution in [0.15, 0.2) is 162 Å². The van der Waals surface area contributed by atoms with Crippen molar-refractivity contribution in [3.8, 4) is 0 Å². The van der Waals surface area contributed by atoms with E-state index in [-0.39, 0.29) is 10.8 Å². The molecule has 3 nitrogen and oxygen atoms in total. The maximum atomic E-state index is 3.89. The molecule has 3 aromatic carbocycles. The first-order chi connectivity index (χ1) is 23.4. The van der Waals surface area contributed by atoms with Crippen LogP contribution in [0.2, 0.25) is 0 Å². The Morgan fingerprint density at radius 1 is 0.857 bits per heavy atom.